The molecule has 0 aliphatic carbocycles. The number of anilines is 1. The standard InChI is InChI=1S/C22H23FN4O2/c1-15(22(28)24-18-9-6-8-17(23)14-18)29-19-10-5-7-16(13-19)21-26-25-20-11-3-2-4-12-27(20)21/h5-10,13-15H,2-4,11-12H2,1H3,(H,24,28)/t15-/m1/s1. The lowest BCUT2D eigenvalue weighted by molar-refractivity contribution is -0.122. The second-order valence-electron chi connectivity index (χ2n) is 7.19. The highest BCUT2D eigenvalue weighted by Gasteiger charge is 2.18. The predicted molar refractivity (Wildman–Crippen MR) is 108 cm³/mol. The number of aryl methyl sites for hydroxylation is 1. The molecule has 0 spiro atoms. The van der Waals surface area contributed by atoms with Crippen LogP contribution in [-0.4, -0.2) is 26.8 Å². The fraction of sp³-hybridized carbons (Fsp3) is 0.318. The molecule has 1 aromatic heterocycles. The largest absolute Gasteiger partial charge is 0.481 e. The van der Waals surface area contributed by atoms with Gasteiger partial charge in [-0.15, -0.1) is 10.2 Å². The average molecular weight is 394 g/mol. The van der Waals surface area contributed by atoms with Gasteiger partial charge in [-0.2, -0.15) is 0 Å². The van der Waals surface area contributed by atoms with Crippen molar-refractivity contribution in [1.82, 2.24) is 14.8 Å². The van der Waals surface area contributed by atoms with Crippen LogP contribution in [0.3, 0.4) is 0 Å². The van der Waals surface area contributed by atoms with Gasteiger partial charge in [0, 0.05) is 24.2 Å². The molecule has 6 nitrogen and oxygen atoms in total. The number of amides is 1. The Bertz CT molecular complexity index is 1020. The first kappa shape index (κ1) is 19.1. The van der Waals surface area contributed by atoms with E-state index in [1.807, 2.05) is 18.2 Å². The Balaban J connectivity index is 1.48. The Morgan fingerprint density at radius 3 is 2.86 bits per heavy atom. The molecule has 1 N–H and O–H groups in total. The van der Waals surface area contributed by atoms with Crippen LogP contribution in [0.25, 0.3) is 11.4 Å². The van der Waals surface area contributed by atoms with Crippen LogP contribution in [0.1, 0.15) is 32.0 Å². The van der Waals surface area contributed by atoms with Crippen molar-refractivity contribution in [3.63, 3.8) is 0 Å². The molecule has 2 aromatic carbocycles. The summed E-state index contributed by atoms with van der Waals surface area (Å²) in [6.45, 7) is 2.57. The number of fused-ring (bicyclic) bond motifs is 1. The maximum absolute atomic E-state index is 13.3. The van der Waals surface area contributed by atoms with Gasteiger partial charge in [0.05, 0.1) is 0 Å². The van der Waals surface area contributed by atoms with Crippen LogP contribution in [0.15, 0.2) is 48.5 Å². The van der Waals surface area contributed by atoms with Crippen LogP contribution in [-0.2, 0) is 17.8 Å². The van der Waals surface area contributed by atoms with Crippen molar-refractivity contribution in [2.24, 2.45) is 0 Å². The van der Waals surface area contributed by atoms with Crippen molar-refractivity contribution in [3.05, 3.63) is 60.2 Å². The van der Waals surface area contributed by atoms with Crippen LogP contribution in [0.5, 0.6) is 5.75 Å². The summed E-state index contributed by atoms with van der Waals surface area (Å²) < 4.78 is 21.3. The zero-order valence-electron chi connectivity index (χ0n) is 16.3. The van der Waals surface area contributed by atoms with Gasteiger partial charge in [0.1, 0.15) is 17.4 Å². The lowest BCUT2D eigenvalue weighted by Gasteiger charge is -2.15. The number of nitrogens with one attached hydrogen (secondary N) is 1. The molecular formula is C22H23FN4O2. The zero-order valence-corrected chi connectivity index (χ0v) is 16.3. The van der Waals surface area contributed by atoms with Gasteiger partial charge in [-0.3, -0.25) is 4.79 Å². The van der Waals surface area contributed by atoms with E-state index in [-0.39, 0.29) is 5.91 Å². The first-order valence-electron chi connectivity index (χ1n) is 9.86. The van der Waals surface area contributed by atoms with E-state index in [0.717, 1.165) is 43.0 Å². The molecule has 0 bridgehead atoms. The summed E-state index contributed by atoms with van der Waals surface area (Å²) in [6, 6.07) is 13.3. The molecule has 3 aromatic rings. The third-order valence-corrected chi connectivity index (χ3v) is 4.98. The predicted octanol–water partition coefficient (Wildman–Crippen LogP) is 4.22. The van der Waals surface area contributed by atoms with Crippen LogP contribution >= 0.6 is 0 Å². The minimum Gasteiger partial charge on any atom is -0.481 e. The highest BCUT2D eigenvalue weighted by atomic mass is 19.1. The van der Waals surface area contributed by atoms with E-state index in [4.69, 9.17) is 4.74 Å². The lowest BCUT2D eigenvalue weighted by Crippen LogP contribution is -2.30. The number of aromatic nitrogens is 3. The van der Waals surface area contributed by atoms with Gasteiger partial charge in [0.2, 0.25) is 0 Å². The molecule has 0 saturated carbocycles. The van der Waals surface area contributed by atoms with Gasteiger partial charge >= 0.3 is 0 Å². The summed E-state index contributed by atoms with van der Waals surface area (Å²) >= 11 is 0. The van der Waals surface area contributed by atoms with Gasteiger partial charge in [0.15, 0.2) is 11.9 Å². The minimum atomic E-state index is -0.746. The van der Waals surface area contributed by atoms with Gasteiger partial charge in [-0.1, -0.05) is 24.6 Å². The number of rotatable bonds is 5. The molecule has 1 atom stereocenters. The summed E-state index contributed by atoms with van der Waals surface area (Å²) in [5, 5.41) is 11.4. The molecular weight excluding hydrogens is 371 g/mol. The van der Waals surface area contributed by atoms with Crippen molar-refractivity contribution in [2.45, 2.75) is 45.3 Å². The number of carbonyl (C=O) groups is 1. The molecule has 1 amide bonds. The maximum atomic E-state index is 13.3. The van der Waals surface area contributed by atoms with E-state index in [2.05, 4.69) is 20.1 Å². The van der Waals surface area contributed by atoms with Crippen LogP contribution in [0.4, 0.5) is 10.1 Å². The number of carbonyl (C=O) groups excluding carboxylic acids is 1. The van der Waals surface area contributed by atoms with Gasteiger partial charge in [0.25, 0.3) is 5.91 Å². The highest BCUT2D eigenvalue weighted by molar-refractivity contribution is 5.94. The Morgan fingerprint density at radius 2 is 2.00 bits per heavy atom. The van der Waals surface area contributed by atoms with Crippen molar-refractivity contribution >= 4 is 11.6 Å². The molecule has 4 rings (SSSR count). The van der Waals surface area contributed by atoms with Crippen LogP contribution in [0, 0.1) is 5.82 Å². The van der Waals surface area contributed by atoms with Gasteiger partial charge in [-0.25, -0.2) is 4.39 Å². The van der Waals surface area contributed by atoms with Crippen LogP contribution < -0.4 is 10.1 Å². The van der Waals surface area contributed by atoms with E-state index < -0.39 is 11.9 Å². The van der Waals surface area contributed by atoms with E-state index in [0.29, 0.717) is 11.4 Å². The molecule has 29 heavy (non-hydrogen) atoms. The molecule has 150 valence electrons. The fourth-order valence-corrected chi connectivity index (χ4v) is 3.47. The number of nitrogens with zero attached hydrogens (tertiary/aromatic N) is 3. The number of halogens is 1. The number of benzene rings is 2. The van der Waals surface area contributed by atoms with E-state index in [1.165, 1.54) is 18.6 Å². The van der Waals surface area contributed by atoms with Crippen molar-refractivity contribution in [3.8, 4) is 17.1 Å². The topological polar surface area (TPSA) is 69.0 Å². The molecule has 0 radical (unpaired) electrons. The van der Waals surface area contributed by atoms with Crippen molar-refractivity contribution in [2.75, 3.05) is 5.32 Å². The van der Waals surface area contributed by atoms with Crippen molar-refractivity contribution < 1.29 is 13.9 Å². The Kier molecular flexibility index (Phi) is 5.55. The van der Waals surface area contributed by atoms with E-state index in [1.54, 1.807) is 25.1 Å². The molecule has 0 saturated heterocycles. The molecule has 0 unspecified atom stereocenters. The SMILES string of the molecule is C[C@@H](Oc1cccc(-c2nnc3n2CCCCC3)c1)C(=O)Nc1cccc(F)c1. The minimum absolute atomic E-state index is 0.350. The lowest BCUT2D eigenvalue weighted by atomic mass is 10.2. The Morgan fingerprint density at radius 1 is 1.14 bits per heavy atom. The summed E-state index contributed by atoms with van der Waals surface area (Å²) in [5.74, 6) is 1.65. The molecule has 2 heterocycles. The Labute approximate surface area is 168 Å². The monoisotopic (exact) mass is 394 g/mol. The van der Waals surface area contributed by atoms with Gasteiger partial charge < -0.3 is 14.6 Å². The second-order valence-corrected chi connectivity index (χ2v) is 7.19. The normalized spacial score (nSPS) is 14.6. The maximum Gasteiger partial charge on any atom is 0.265 e. The summed E-state index contributed by atoms with van der Waals surface area (Å²) in [7, 11) is 0. The molecule has 0 fully saturated rings. The smallest absolute Gasteiger partial charge is 0.265 e. The van der Waals surface area contributed by atoms with Crippen molar-refractivity contribution in [1.29, 1.82) is 0 Å². The molecule has 7 heteroatoms. The quantitative estimate of drug-likeness (QED) is 0.704. The molecule has 1 aliphatic rings. The third kappa shape index (κ3) is 4.45. The molecule has 1 aliphatic heterocycles. The zero-order chi connectivity index (χ0) is 20.2. The summed E-state index contributed by atoms with van der Waals surface area (Å²) in [4.78, 5) is 12.4. The van der Waals surface area contributed by atoms with E-state index >= 15 is 0 Å². The first-order valence-corrected chi connectivity index (χ1v) is 9.86. The van der Waals surface area contributed by atoms with E-state index in [9.17, 15) is 9.18 Å². The summed E-state index contributed by atoms with van der Waals surface area (Å²) in [5.41, 5.74) is 1.30. The second kappa shape index (κ2) is 8.43. The highest BCUT2D eigenvalue weighted by Crippen LogP contribution is 2.26. The number of hydrogen-bond donors (Lipinski definition) is 1. The number of ether oxygens (including phenoxy) is 1. The summed E-state index contributed by atoms with van der Waals surface area (Å²) in [6.07, 6.45) is 3.65. The average Bonchev–Trinajstić information content (AvgIpc) is 2.96. The fourth-order valence-electron chi connectivity index (χ4n) is 3.47. The van der Waals surface area contributed by atoms with Gasteiger partial charge in [-0.05, 0) is 50.1 Å². The third-order valence-electron chi connectivity index (χ3n) is 4.98. The first-order chi connectivity index (χ1) is 14.1. The Hall–Kier alpha value is -3.22. The van der Waals surface area contributed by atoms with Crippen LogP contribution in [0.2, 0.25) is 0 Å². The number of hydrogen-bond acceptors (Lipinski definition) is 4.